The van der Waals surface area contributed by atoms with Crippen LogP contribution in [0.25, 0.3) is 0 Å². The van der Waals surface area contributed by atoms with Gasteiger partial charge in [-0.2, -0.15) is 4.31 Å². The van der Waals surface area contributed by atoms with Crippen molar-refractivity contribution in [3.63, 3.8) is 0 Å². The lowest BCUT2D eigenvalue weighted by molar-refractivity contribution is -0.116. The fourth-order valence-corrected chi connectivity index (χ4v) is 5.62. The summed E-state index contributed by atoms with van der Waals surface area (Å²) in [5.74, 6) is -2.35. The number of carbonyl (C=O) groups is 2. The fourth-order valence-electron chi connectivity index (χ4n) is 3.94. The molecule has 0 saturated carbocycles. The first-order chi connectivity index (χ1) is 15.6. The lowest BCUT2D eigenvalue weighted by Crippen LogP contribution is -2.42. The van der Waals surface area contributed by atoms with E-state index in [1.807, 2.05) is 13.8 Å². The van der Waals surface area contributed by atoms with Gasteiger partial charge in [0.15, 0.2) is 0 Å². The number of halogens is 2. The van der Waals surface area contributed by atoms with E-state index >= 15 is 0 Å². The number of amides is 2. The van der Waals surface area contributed by atoms with Crippen LogP contribution in [0.3, 0.4) is 0 Å². The lowest BCUT2D eigenvalue weighted by atomic mass is 9.94. The minimum absolute atomic E-state index is 0.0563. The van der Waals surface area contributed by atoms with Gasteiger partial charge in [0, 0.05) is 37.8 Å². The van der Waals surface area contributed by atoms with Crippen molar-refractivity contribution >= 4 is 27.5 Å². The van der Waals surface area contributed by atoms with Crippen molar-refractivity contribution in [3.05, 3.63) is 59.7 Å². The Bertz CT molecular complexity index is 1110. The van der Waals surface area contributed by atoms with Gasteiger partial charge >= 0.3 is 0 Å². The second-order valence-corrected chi connectivity index (χ2v) is 10.4. The Hall–Kier alpha value is -2.85. The van der Waals surface area contributed by atoms with Gasteiger partial charge in [-0.05, 0) is 54.7 Å². The standard InChI is InChI=1S/C23H27F2N3O4S/c1-15-11-16(2)14-28(13-15)33(31,32)19-6-4-18(5-7-19)27-22(29)9-10-26-23(30)20-8-3-17(24)12-21(20)25/h3-8,12,15-16H,9-11,13-14H2,1-2H3,(H,26,30)(H,27,29). The summed E-state index contributed by atoms with van der Waals surface area (Å²) in [6.07, 6.45) is 0.911. The Balaban J connectivity index is 1.52. The molecule has 1 heterocycles. The van der Waals surface area contributed by atoms with E-state index in [0.29, 0.717) is 36.7 Å². The van der Waals surface area contributed by atoms with E-state index in [1.165, 1.54) is 28.6 Å². The minimum Gasteiger partial charge on any atom is -0.351 e. The SMILES string of the molecule is CC1CC(C)CN(S(=O)(=O)c2ccc(NC(=O)CCNC(=O)c3ccc(F)cc3F)cc2)C1. The van der Waals surface area contributed by atoms with Gasteiger partial charge in [-0.3, -0.25) is 9.59 Å². The number of hydrogen-bond donors (Lipinski definition) is 2. The molecular weight excluding hydrogens is 452 g/mol. The van der Waals surface area contributed by atoms with Crippen LogP contribution in [0.5, 0.6) is 0 Å². The van der Waals surface area contributed by atoms with Gasteiger partial charge in [-0.15, -0.1) is 0 Å². The van der Waals surface area contributed by atoms with Crippen LogP contribution in [0.2, 0.25) is 0 Å². The number of sulfonamides is 1. The lowest BCUT2D eigenvalue weighted by Gasteiger charge is -2.34. The van der Waals surface area contributed by atoms with Gasteiger partial charge in [0.05, 0.1) is 10.5 Å². The van der Waals surface area contributed by atoms with Crippen molar-refractivity contribution in [2.75, 3.05) is 25.0 Å². The maximum absolute atomic E-state index is 13.6. The van der Waals surface area contributed by atoms with E-state index in [4.69, 9.17) is 0 Å². The summed E-state index contributed by atoms with van der Waals surface area (Å²) >= 11 is 0. The molecule has 10 heteroatoms. The van der Waals surface area contributed by atoms with Gasteiger partial charge in [-0.1, -0.05) is 13.8 Å². The second-order valence-electron chi connectivity index (χ2n) is 8.47. The van der Waals surface area contributed by atoms with Crippen LogP contribution < -0.4 is 10.6 Å². The van der Waals surface area contributed by atoms with Crippen LogP contribution in [-0.2, 0) is 14.8 Å². The van der Waals surface area contributed by atoms with Crippen LogP contribution >= 0.6 is 0 Å². The van der Waals surface area contributed by atoms with Crippen molar-refractivity contribution in [3.8, 4) is 0 Å². The van der Waals surface area contributed by atoms with E-state index in [0.717, 1.165) is 18.6 Å². The normalized spacial score (nSPS) is 19.2. The molecule has 1 aliphatic heterocycles. The molecule has 2 atom stereocenters. The van der Waals surface area contributed by atoms with Crippen molar-refractivity contribution in [2.24, 2.45) is 11.8 Å². The van der Waals surface area contributed by atoms with Gasteiger partial charge < -0.3 is 10.6 Å². The number of hydrogen-bond acceptors (Lipinski definition) is 4. The molecule has 33 heavy (non-hydrogen) atoms. The summed E-state index contributed by atoms with van der Waals surface area (Å²) in [5, 5.41) is 5.03. The molecule has 0 spiro atoms. The quantitative estimate of drug-likeness (QED) is 0.636. The molecule has 1 saturated heterocycles. The Morgan fingerprint density at radius 3 is 2.27 bits per heavy atom. The van der Waals surface area contributed by atoms with Crippen molar-refractivity contribution < 1.29 is 26.8 Å². The first kappa shape index (κ1) is 24.8. The fraction of sp³-hybridized carbons (Fsp3) is 0.391. The zero-order valence-electron chi connectivity index (χ0n) is 18.5. The van der Waals surface area contributed by atoms with Crippen LogP contribution in [0, 0.1) is 23.5 Å². The largest absolute Gasteiger partial charge is 0.351 e. The molecule has 3 rings (SSSR count). The van der Waals surface area contributed by atoms with Gasteiger partial charge in [-0.25, -0.2) is 17.2 Å². The molecule has 2 unspecified atom stereocenters. The summed E-state index contributed by atoms with van der Waals surface area (Å²) in [6.45, 7) is 4.99. The van der Waals surface area contributed by atoms with Crippen LogP contribution in [0.15, 0.2) is 47.4 Å². The number of nitrogens with one attached hydrogen (secondary N) is 2. The monoisotopic (exact) mass is 479 g/mol. The first-order valence-corrected chi connectivity index (χ1v) is 12.1. The predicted molar refractivity (Wildman–Crippen MR) is 120 cm³/mol. The highest BCUT2D eigenvalue weighted by Gasteiger charge is 2.31. The third kappa shape index (κ3) is 6.35. The number of carbonyl (C=O) groups excluding carboxylic acids is 2. The van der Waals surface area contributed by atoms with Crippen molar-refractivity contribution in [2.45, 2.75) is 31.6 Å². The van der Waals surface area contributed by atoms with Crippen LogP contribution in [0.4, 0.5) is 14.5 Å². The van der Waals surface area contributed by atoms with Crippen molar-refractivity contribution in [1.82, 2.24) is 9.62 Å². The average Bonchev–Trinajstić information content (AvgIpc) is 2.73. The molecule has 2 aromatic carbocycles. The summed E-state index contributed by atoms with van der Waals surface area (Å²) in [5.41, 5.74) is 0.0985. The van der Waals surface area contributed by atoms with E-state index in [-0.39, 0.29) is 23.4 Å². The van der Waals surface area contributed by atoms with Gasteiger partial charge in [0.1, 0.15) is 11.6 Å². The first-order valence-electron chi connectivity index (χ1n) is 10.7. The highest BCUT2D eigenvalue weighted by Crippen LogP contribution is 2.27. The van der Waals surface area contributed by atoms with Crippen LogP contribution in [-0.4, -0.2) is 44.2 Å². The third-order valence-electron chi connectivity index (χ3n) is 5.42. The Labute approximate surface area is 192 Å². The highest BCUT2D eigenvalue weighted by atomic mass is 32.2. The van der Waals surface area contributed by atoms with E-state index in [9.17, 15) is 26.8 Å². The molecule has 0 bridgehead atoms. The number of piperidine rings is 1. The number of benzene rings is 2. The summed E-state index contributed by atoms with van der Waals surface area (Å²) in [4.78, 5) is 24.2. The molecule has 2 amide bonds. The Morgan fingerprint density at radius 1 is 1.03 bits per heavy atom. The summed E-state index contributed by atoms with van der Waals surface area (Å²) in [6, 6.07) is 8.53. The zero-order chi connectivity index (χ0) is 24.2. The van der Waals surface area contributed by atoms with Gasteiger partial charge in [0.25, 0.3) is 5.91 Å². The third-order valence-corrected chi connectivity index (χ3v) is 7.27. The number of rotatable bonds is 7. The molecule has 0 aliphatic carbocycles. The van der Waals surface area contributed by atoms with Gasteiger partial charge in [0.2, 0.25) is 15.9 Å². The smallest absolute Gasteiger partial charge is 0.254 e. The Kier molecular flexibility index (Phi) is 7.80. The molecule has 1 aliphatic rings. The molecule has 7 nitrogen and oxygen atoms in total. The van der Waals surface area contributed by atoms with E-state index in [1.54, 1.807) is 0 Å². The van der Waals surface area contributed by atoms with E-state index in [2.05, 4.69) is 10.6 Å². The maximum atomic E-state index is 13.6. The zero-order valence-corrected chi connectivity index (χ0v) is 19.3. The number of anilines is 1. The maximum Gasteiger partial charge on any atom is 0.254 e. The molecule has 0 radical (unpaired) electrons. The molecular formula is C23H27F2N3O4S. The highest BCUT2D eigenvalue weighted by molar-refractivity contribution is 7.89. The topological polar surface area (TPSA) is 95.6 Å². The van der Waals surface area contributed by atoms with Crippen molar-refractivity contribution in [1.29, 1.82) is 0 Å². The van der Waals surface area contributed by atoms with Crippen LogP contribution in [0.1, 0.15) is 37.0 Å². The molecule has 2 aromatic rings. The number of nitrogens with zero attached hydrogens (tertiary/aromatic N) is 1. The molecule has 178 valence electrons. The predicted octanol–water partition coefficient (Wildman–Crippen LogP) is 3.39. The Morgan fingerprint density at radius 2 is 1.67 bits per heavy atom. The molecule has 1 fully saturated rings. The molecule has 0 aromatic heterocycles. The average molecular weight is 480 g/mol. The summed E-state index contributed by atoms with van der Waals surface area (Å²) in [7, 11) is -3.61. The second kappa shape index (κ2) is 10.4. The summed E-state index contributed by atoms with van der Waals surface area (Å²) < 4.78 is 53.9. The minimum atomic E-state index is -3.61. The van der Waals surface area contributed by atoms with E-state index < -0.39 is 33.5 Å². The molecule has 2 N–H and O–H groups in total.